The van der Waals surface area contributed by atoms with Gasteiger partial charge < -0.3 is 9.47 Å². The van der Waals surface area contributed by atoms with Crippen LogP contribution in [-0.2, 0) is 19.9 Å². The zero-order chi connectivity index (χ0) is 26.5. The molecule has 1 saturated heterocycles. The first-order valence-electron chi connectivity index (χ1n) is 12.6. The van der Waals surface area contributed by atoms with Crippen LogP contribution in [0.2, 0.25) is 0 Å². The van der Waals surface area contributed by atoms with Crippen molar-refractivity contribution in [3.63, 3.8) is 0 Å². The molecule has 3 aromatic carbocycles. The second-order valence-electron chi connectivity index (χ2n) is 9.29. The lowest BCUT2D eigenvalue weighted by Crippen LogP contribution is -2.39. The van der Waals surface area contributed by atoms with E-state index in [2.05, 4.69) is 46.9 Å². The predicted octanol–water partition coefficient (Wildman–Crippen LogP) is 3.66. The van der Waals surface area contributed by atoms with Gasteiger partial charge in [0.05, 0.1) is 6.61 Å². The van der Waals surface area contributed by atoms with Gasteiger partial charge in [-0.2, -0.15) is 0 Å². The van der Waals surface area contributed by atoms with Crippen LogP contribution in [0.25, 0.3) is 0 Å². The summed E-state index contributed by atoms with van der Waals surface area (Å²) in [5.74, 6) is 0. The SMILES string of the molecule is CNOC1C[C@H](n2cc(C)c(=O)[nH]c2=O)O[C@@H]1COC(c1ccccc1)(c1ccccc1)c1ccccc1. The first-order chi connectivity index (χ1) is 18.5. The van der Waals surface area contributed by atoms with Crippen LogP contribution in [-0.4, -0.2) is 35.4 Å². The Bertz CT molecular complexity index is 1360. The van der Waals surface area contributed by atoms with Gasteiger partial charge in [-0.25, -0.2) is 10.3 Å². The summed E-state index contributed by atoms with van der Waals surface area (Å²) in [4.78, 5) is 32.6. The van der Waals surface area contributed by atoms with Crippen molar-refractivity contribution in [2.45, 2.75) is 37.4 Å². The van der Waals surface area contributed by atoms with Crippen LogP contribution < -0.4 is 16.7 Å². The van der Waals surface area contributed by atoms with Crippen LogP contribution in [0, 0.1) is 6.92 Å². The van der Waals surface area contributed by atoms with Gasteiger partial charge in [0.25, 0.3) is 5.56 Å². The van der Waals surface area contributed by atoms with Gasteiger partial charge in [-0.05, 0) is 23.6 Å². The van der Waals surface area contributed by atoms with Crippen molar-refractivity contribution in [3.05, 3.63) is 140 Å². The maximum Gasteiger partial charge on any atom is 0.330 e. The maximum absolute atomic E-state index is 12.6. The summed E-state index contributed by atoms with van der Waals surface area (Å²) >= 11 is 0. The van der Waals surface area contributed by atoms with Crippen LogP contribution in [0.15, 0.2) is 107 Å². The summed E-state index contributed by atoms with van der Waals surface area (Å²) in [6.45, 7) is 1.83. The predicted molar refractivity (Wildman–Crippen MR) is 144 cm³/mol. The lowest BCUT2D eigenvalue weighted by Gasteiger charge is -2.37. The van der Waals surface area contributed by atoms with Gasteiger partial charge >= 0.3 is 5.69 Å². The lowest BCUT2D eigenvalue weighted by molar-refractivity contribution is -0.116. The van der Waals surface area contributed by atoms with Crippen LogP contribution in [0.4, 0.5) is 0 Å². The number of aromatic amines is 1. The van der Waals surface area contributed by atoms with E-state index in [1.165, 1.54) is 10.8 Å². The number of nitrogens with one attached hydrogen (secondary N) is 2. The molecule has 5 rings (SSSR count). The molecule has 0 aliphatic carbocycles. The molecule has 0 amide bonds. The molecular formula is C30H31N3O5. The van der Waals surface area contributed by atoms with E-state index in [0.29, 0.717) is 12.0 Å². The fourth-order valence-electron chi connectivity index (χ4n) is 5.07. The molecule has 2 N–H and O–H groups in total. The smallest absolute Gasteiger partial charge is 0.330 e. The third-order valence-electron chi connectivity index (χ3n) is 6.91. The van der Waals surface area contributed by atoms with Crippen molar-refractivity contribution in [2.75, 3.05) is 13.7 Å². The number of aryl methyl sites for hydroxylation is 1. The normalized spacial score (nSPS) is 19.5. The Morgan fingerprint density at radius 2 is 1.45 bits per heavy atom. The summed E-state index contributed by atoms with van der Waals surface area (Å²) in [6.07, 6.45) is 0.402. The van der Waals surface area contributed by atoms with Gasteiger partial charge in [-0.3, -0.25) is 19.2 Å². The molecule has 8 nitrogen and oxygen atoms in total. The Balaban J connectivity index is 1.53. The molecule has 38 heavy (non-hydrogen) atoms. The van der Waals surface area contributed by atoms with E-state index in [1.807, 2.05) is 54.6 Å². The highest BCUT2D eigenvalue weighted by molar-refractivity contribution is 5.47. The Morgan fingerprint density at radius 3 is 1.95 bits per heavy atom. The van der Waals surface area contributed by atoms with Crippen molar-refractivity contribution in [3.8, 4) is 0 Å². The number of rotatable bonds is 9. The van der Waals surface area contributed by atoms with E-state index in [1.54, 1.807) is 14.0 Å². The van der Waals surface area contributed by atoms with Crippen molar-refractivity contribution < 1.29 is 14.3 Å². The summed E-state index contributed by atoms with van der Waals surface area (Å²) in [5.41, 5.74) is 4.26. The van der Waals surface area contributed by atoms with Crippen LogP contribution in [0.1, 0.15) is 34.9 Å². The van der Waals surface area contributed by atoms with E-state index in [9.17, 15) is 9.59 Å². The zero-order valence-corrected chi connectivity index (χ0v) is 21.4. The fraction of sp³-hybridized carbons (Fsp3) is 0.267. The quantitative estimate of drug-likeness (QED) is 0.262. The van der Waals surface area contributed by atoms with Crippen molar-refractivity contribution in [1.29, 1.82) is 0 Å². The second-order valence-corrected chi connectivity index (χ2v) is 9.29. The van der Waals surface area contributed by atoms with Gasteiger partial charge in [0.15, 0.2) is 0 Å². The number of nitrogens with zero attached hydrogens (tertiary/aromatic N) is 1. The number of H-pyrrole nitrogens is 1. The minimum absolute atomic E-state index is 0.179. The Labute approximate surface area is 220 Å². The average Bonchev–Trinajstić information content (AvgIpc) is 3.35. The van der Waals surface area contributed by atoms with Gasteiger partial charge in [0.2, 0.25) is 0 Å². The molecule has 1 fully saturated rings. The molecule has 4 aromatic rings. The number of hydrogen-bond acceptors (Lipinski definition) is 6. The highest BCUT2D eigenvalue weighted by atomic mass is 16.7. The van der Waals surface area contributed by atoms with E-state index >= 15 is 0 Å². The third-order valence-corrected chi connectivity index (χ3v) is 6.91. The summed E-state index contributed by atoms with van der Waals surface area (Å²) in [6, 6.07) is 30.3. The van der Waals surface area contributed by atoms with Gasteiger partial charge in [-0.1, -0.05) is 91.0 Å². The Hall–Kier alpha value is -3.82. The molecule has 1 aliphatic heterocycles. The zero-order valence-electron chi connectivity index (χ0n) is 21.4. The average molecular weight is 514 g/mol. The van der Waals surface area contributed by atoms with E-state index < -0.39 is 35.3 Å². The highest BCUT2D eigenvalue weighted by Gasteiger charge is 2.43. The number of aromatic nitrogens is 2. The molecule has 0 radical (unpaired) electrons. The van der Waals surface area contributed by atoms with Crippen molar-refractivity contribution >= 4 is 0 Å². The highest BCUT2D eigenvalue weighted by Crippen LogP contribution is 2.41. The molecule has 196 valence electrons. The minimum Gasteiger partial charge on any atom is -0.358 e. The molecule has 1 aliphatic rings. The summed E-state index contributed by atoms with van der Waals surface area (Å²) in [7, 11) is 1.68. The van der Waals surface area contributed by atoms with Crippen molar-refractivity contribution in [2.24, 2.45) is 0 Å². The topological polar surface area (TPSA) is 94.6 Å². The largest absolute Gasteiger partial charge is 0.358 e. The van der Waals surface area contributed by atoms with E-state index in [-0.39, 0.29) is 6.61 Å². The molecule has 1 unspecified atom stereocenters. The maximum atomic E-state index is 12.6. The van der Waals surface area contributed by atoms with Crippen molar-refractivity contribution in [1.82, 2.24) is 15.0 Å². The van der Waals surface area contributed by atoms with Crippen LogP contribution in [0.3, 0.4) is 0 Å². The lowest BCUT2D eigenvalue weighted by atomic mass is 9.80. The minimum atomic E-state index is -0.916. The number of hydrogen-bond donors (Lipinski definition) is 2. The van der Waals surface area contributed by atoms with Crippen LogP contribution >= 0.6 is 0 Å². The molecule has 2 heterocycles. The number of ether oxygens (including phenoxy) is 2. The molecule has 3 atom stereocenters. The fourth-order valence-corrected chi connectivity index (χ4v) is 5.07. The number of benzene rings is 3. The molecule has 0 spiro atoms. The Morgan fingerprint density at radius 1 is 0.921 bits per heavy atom. The van der Waals surface area contributed by atoms with Gasteiger partial charge in [0.1, 0.15) is 24.0 Å². The summed E-state index contributed by atoms with van der Waals surface area (Å²) < 4.78 is 14.7. The molecule has 0 saturated carbocycles. The van der Waals surface area contributed by atoms with E-state index in [0.717, 1.165) is 16.7 Å². The number of hydroxylamine groups is 1. The first-order valence-corrected chi connectivity index (χ1v) is 12.6. The van der Waals surface area contributed by atoms with Gasteiger partial charge in [0, 0.05) is 25.2 Å². The van der Waals surface area contributed by atoms with Gasteiger partial charge in [-0.15, -0.1) is 0 Å². The molecule has 8 heteroatoms. The molecule has 0 bridgehead atoms. The standard InChI is InChI=1S/C30H31N3O5/c1-21-19-33(29(35)32-28(21)34)27-18-25(38-31-2)26(37-27)20-36-30(22-12-6-3-7-13-22,23-14-8-4-9-15-23)24-16-10-5-11-17-24/h3-17,19,25-27,31H,18,20H2,1-2H3,(H,32,34,35)/t25?,26-,27-/m1/s1. The van der Waals surface area contributed by atoms with Crippen LogP contribution in [0.5, 0.6) is 0 Å². The second kappa shape index (κ2) is 11.3. The molecule has 1 aromatic heterocycles. The first kappa shape index (κ1) is 25.8. The summed E-state index contributed by atoms with van der Waals surface area (Å²) in [5, 5.41) is 0. The van der Waals surface area contributed by atoms with E-state index in [4.69, 9.17) is 14.3 Å². The molecular weight excluding hydrogens is 482 g/mol. The third kappa shape index (κ3) is 4.99. The monoisotopic (exact) mass is 513 g/mol. The Kier molecular flexibility index (Phi) is 7.67.